The van der Waals surface area contributed by atoms with E-state index in [1.54, 1.807) is 12.1 Å². The summed E-state index contributed by atoms with van der Waals surface area (Å²) in [5.74, 6) is 0.918. The molecule has 0 aromatic heterocycles. The Morgan fingerprint density at radius 2 is 1.43 bits per heavy atom. The topological polar surface area (TPSA) is 55.8 Å². The van der Waals surface area contributed by atoms with Crippen molar-refractivity contribution in [3.8, 4) is 17.2 Å². The Morgan fingerprint density at radius 1 is 0.913 bits per heavy atom. The lowest BCUT2D eigenvalue weighted by atomic mass is 10.0. The Labute approximate surface area is 136 Å². The molecule has 0 aliphatic rings. The fourth-order valence-electron chi connectivity index (χ4n) is 2.43. The number of phenols is 1. The second kappa shape index (κ2) is 8.22. The van der Waals surface area contributed by atoms with Crippen molar-refractivity contribution >= 4 is 5.78 Å². The number of aryl methyl sites for hydroxylation is 2. The first-order valence-corrected chi connectivity index (χ1v) is 7.63. The zero-order chi connectivity index (χ0) is 16.7. The summed E-state index contributed by atoms with van der Waals surface area (Å²) in [6.45, 7) is 0. The van der Waals surface area contributed by atoms with E-state index in [0.717, 1.165) is 12.0 Å². The molecule has 0 atom stereocenters. The summed E-state index contributed by atoms with van der Waals surface area (Å²) in [7, 11) is 2.98. The number of phenolic OH excluding ortho intramolecular Hbond substituents is 1. The minimum Gasteiger partial charge on any atom is -0.502 e. The van der Waals surface area contributed by atoms with Crippen molar-refractivity contribution in [3.63, 3.8) is 0 Å². The number of benzene rings is 2. The van der Waals surface area contributed by atoms with E-state index in [-0.39, 0.29) is 11.5 Å². The van der Waals surface area contributed by atoms with Gasteiger partial charge in [0.05, 0.1) is 14.2 Å². The number of hydrogen-bond acceptors (Lipinski definition) is 4. The molecule has 23 heavy (non-hydrogen) atoms. The third-order valence-corrected chi connectivity index (χ3v) is 3.77. The zero-order valence-electron chi connectivity index (χ0n) is 13.5. The molecule has 0 saturated heterocycles. The number of methoxy groups -OCH3 is 2. The largest absolute Gasteiger partial charge is 0.502 e. The molecule has 122 valence electrons. The van der Waals surface area contributed by atoms with E-state index in [1.807, 2.05) is 30.3 Å². The Kier molecular flexibility index (Phi) is 6.03. The van der Waals surface area contributed by atoms with Gasteiger partial charge in [0.2, 0.25) is 5.75 Å². The van der Waals surface area contributed by atoms with Crippen molar-refractivity contribution in [1.82, 2.24) is 0 Å². The summed E-state index contributed by atoms with van der Waals surface area (Å²) >= 11 is 0. The van der Waals surface area contributed by atoms with Gasteiger partial charge in [-0.1, -0.05) is 30.3 Å². The predicted molar refractivity (Wildman–Crippen MR) is 89.3 cm³/mol. The lowest BCUT2D eigenvalue weighted by molar-refractivity contribution is -0.119. The van der Waals surface area contributed by atoms with Gasteiger partial charge in [0.15, 0.2) is 11.5 Å². The molecule has 0 saturated carbocycles. The molecular formula is C19H22O4. The van der Waals surface area contributed by atoms with Crippen molar-refractivity contribution in [3.05, 3.63) is 53.6 Å². The Hall–Kier alpha value is -2.49. The summed E-state index contributed by atoms with van der Waals surface area (Å²) in [6, 6.07) is 13.5. The smallest absolute Gasteiger partial charge is 0.200 e. The number of carbonyl (C=O) groups is 1. The van der Waals surface area contributed by atoms with Gasteiger partial charge >= 0.3 is 0 Å². The molecule has 2 aromatic carbocycles. The van der Waals surface area contributed by atoms with Gasteiger partial charge < -0.3 is 14.6 Å². The fourth-order valence-corrected chi connectivity index (χ4v) is 2.43. The van der Waals surface area contributed by atoms with Gasteiger partial charge in [-0.05, 0) is 36.1 Å². The van der Waals surface area contributed by atoms with Crippen LogP contribution < -0.4 is 9.47 Å². The SMILES string of the molecule is COc1cc(CCC(=O)CCc2ccccc2)cc(OC)c1O. The Morgan fingerprint density at radius 3 is 1.96 bits per heavy atom. The summed E-state index contributed by atoms with van der Waals surface area (Å²) in [5.41, 5.74) is 2.08. The first kappa shape index (κ1) is 16.9. The van der Waals surface area contributed by atoms with Crippen LogP contribution >= 0.6 is 0 Å². The normalized spacial score (nSPS) is 10.3. The number of hydrogen-bond donors (Lipinski definition) is 1. The maximum Gasteiger partial charge on any atom is 0.200 e. The van der Waals surface area contributed by atoms with Crippen molar-refractivity contribution < 1.29 is 19.4 Å². The maximum atomic E-state index is 12.1. The third kappa shape index (κ3) is 4.74. The van der Waals surface area contributed by atoms with E-state index >= 15 is 0 Å². The summed E-state index contributed by atoms with van der Waals surface area (Å²) in [4.78, 5) is 12.1. The van der Waals surface area contributed by atoms with E-state index in [9.17, 15) is 9.90 Å². The fraction of sp³-hybridized carbons (Fsp3) is 0.316. The lowest BCUT2D eigenvalue weighted by Gasteiger charge is -2.11. The van der Waals surface area contributed by atoms with Crippen molar-refractivity contribution in [1.29, 1.82) is 0 Å². The average Bonchev–Trinajstić information content (AvgIpc) is 2.59. The van der Waals surface area contributed by atoms with Crippen molar-refractivity contribution in [2.75, 3.05) is 14.2 Å². The predicted octanol–water partition coefficient (Wildman–Crippen LogP) is 3.54. The van der Waals surface area contributed by atoms with Crippen LogP contribution in [0.4, 0.5) is 0 Å². The van der Waals surface area contributed by atoms with Crippen LogP contribution in [0.3, 0.4) is 0 Å². The molecule has 0 amide bonds. The number of aromatic hydroxyl groups is 1. The van der Waals surface area contributed by atoms with Crippen LogP contribution in [0.5, 0.6) is 17.2 Å². The molecule has 4 nitrogen and oxygen atoms in total. The van der Waals surface area contributed by atoms with E-state index < -0.39 is 0 Å². The van der Waals surface area contributed by atoms with E-state index in [4.69, 9.17) is 9.47 Å². The van der Waals surface area contributed by atoms with Gasteiger partial charge in [-0.15, -0.1) is 0 Å². The second-order valence-corrected chi connectivity index (χ2v) is 5.37. The van der Waals surface area contributed by atoms with Crippen LogP contribution in [0.25, 0.3) is 0 Å². The second-order valence-electron chi connectivity index (χ2n) is 5.37. The molecule has 0 spiro atoms. The monoisotopic (exact) mass is 314 g/mol. The molecule has 2 rings (SSSR count). The van der Waals surface area contributed by atoms with E-state index in [2.05, 4.69) is 0 Å². The van der Waals surface area contributed by atoms with Gasteiger partial charge in [-0.2, -0.15) is 0 Å². The molecule has 4 heteroatoms. The summed E-state index contributed by atoms with van der Waals surface area (Å²) in [5, 5.41) is 9.88. The van der Waals surface area contributed by atoms with Gasteiger partial charge in [0, 0.05) is 12.8 Å². The molecule has 0 aliphatic heterocycles. The number of Topliss-reactive ketones (excluding diaryl/α,β-unsaturated/α-hetero) is 1. The van der Waals surface area contributed by atoms with Crippen LogP contribution in [0, 0.1) is 0 Å². The Balaban J connectivity index is 1.91. The first-order valence-electron chi connectivity index (χ1n) is 7.63. The zero-order valence-corrected chi connectivity index (χ0v) is 13.5. The average molecular weight is 314 g/mol. The number of ether oxygens (including phenoxy) is 2. The third-order valence-electron chi connectivity index (χ3n) is 3.77. The lowest BCUT2D eigenvalue weighted by Crippen LogP contribution is -2.02. The minimum absolute atomic E-state index is 0.0193. The van der Waals surface area contributed by atoms with Crippen LogP contribution in [0.1, 0.15) is 24.0 Å². The summed E-state index contributed by atoms with van der Waals surface area (Å²) < 4.78 is 10.3. The van der Waals surface area contributed by atoms with E-state index in [0.29, 0.717) is 30.8 Å². The molecular weight excluding hydrogens is 292 g/mol. The van der Waals surface area contributed by atoms with Gasteiger partial charge in [-0.3, -0.25) is 4.79 Å². The van der Waals surface area contributed by atoms with Gasteiger partial charge in [-0.25, -0.2) is 0 Å². The summed E-state index contributed by atoms with van der Waals surface area (Å²) in [6.07, 6.45) is 2.36. The van der Waals surface area contributed by atoms with Crippen LogP contribution in [-0.2, 0) is 17.6 Å². The van der Waals surface area contributed by atoms with Crippen LogP contribution in [0.2, 0.25) is 0 Å². The van der Waals surface area contributed by atoms with Crippen LogP contribution in [-0.4, -0.2) is 25.1 Å². The van der Waals surface area contributed by atoms with Gasteiger partial charge in [0.25, 0.3) is 0 Å². The number of rotatable bonds is 8. The van der Waals surface area contributed by atoms with Crippen molar-refractivity contribution in [2.24, 2.45) is 0 Å². The molecule has 0 unspecified atom stereocenters. The first-order chi connectivity index (χ1) is 11.1. The molecule has 0 bridgehead atoms. The minimum atomic E-state index is -0.0193. The van der Waals surface area contributed by atoms with Crippen LogP contribution in [0.15, 0.2) is 42.5 Å². The number of ketones is 1. The highest BCUT2D eigenvalue weighted by atomic mass is 16.5. The van der Waals surface area contributed by atoms with Crippen molar-refractivity contribution in [2.45, 2.75) is 25.7 Å². The number of carbonyl (C=O) groups excluding carboxylic acids is 1. The maximum absolute atomic E-state index is 12.1. The Bertz CT molecular complexity index is 625. The standard InChI is InChI=1S/C19H22O4/c1-22-17-12-15(13-18(23-2)19(17)21)9-11-16(20)10-8-14-6-4-3-5-7-14/h3-7,12-13,21H,8-11H2,1-2H3. The highest BCUT2D eigenvalue weighted by Crippen LogP contribution is 2.37. The molecule has 1 N–H and O–H groups in total. The highest BCUT2D eigenvalue weighted by Gasteiger charge is 2.12. The molecule has 2 aromatic rings. The molecule has 0 aliphatic carbocycles. The highest BCUT2D eigenvalue weighted by molar-refractivity contribution is 5.79. The molecule has 0 heterocycles. The van der Waals surface area contributed by atoms with Gasteiger partial charge in [0.1, 0.15) is 5.78 Å². The molecule has 0 radical (unpaired) electrons. The quantitative estimate of drug-likeness (QED) is 0.809. The van der Waals surface area contributed by atoms with E-state index in [1.165, 1.54) is 19.8 Å². The molecule has 0 fully saturated rings.